The minimum Gasteiger partial charge on any atom is -0.511 e. The first-order valence-corrected chi connectivity index (χ1v) is 7.46. The zero-order valence-electron chi connectivity index (χ0n) is 13.6. The summed E-state index contributed by atoms with van der Waals surface area (Å²) >= 11 is 0. The van der Waals surface area contributed by atoms with E-state index in [1.165, 1.54) is 6.20 Å². The monoisotopic (exact) mass is 323 g/mol. The van der Waals surface area contributed by atoms with Crippen molar-refractivity contribution in [3.05, 3.63) is 18.3 Å². The highest BCUT2D eigenvalue weighted by Gasteiger charge is 2.26. The molecule has 0 unspecified atom stereocenters. The van der Waals surface area contributed by atoms with Gasteiger partial charge in [-0.2, -0.15) is 0 Å². The second-order valence-corrected chi connectivity index (χ2v) is 6.25. The van der Waals surface area contributed by atoms with Crippen molar-refractivity contribution in [2.24, 2.45) is 0 Å². The molecular weight excluding hydrogens is 301 g/mol. The summed E-state index contributed by atoms with van der Waals surface area (Å²) in [6.07, 6.45) is 1.13. The zero-order chi connectivity index (χ0) is 17.0. The molecule has 1 aliphatic rings. The molecule has 0 aromatic carbocycles. The van der Waals surface area contributed by atoms with E-state index in [0.29, 0.717) is 26.2 Å². The largest absolute Gasteiger partial charge is 0.707 e. The van der Waals surface area contributed by atoms with Crippen molar-refractivity contribution in [3.63, 3.8) is 0 Å². The Morgan fingerprint density at radius 2 is 1.87 bits per heavy atom. The van der Waals surface area contributed by atoms with E-state index in [-0.39, 0.29) is 11.8 Å². The van der Waals surface area contributed by atoms with Crippen LogP contribution < -0.4 is 9.55 Å². The van der Waals surface area contributed by atoms with Crippen LogP contribution in [0.3, 0.4) is 0 Å². The number of pyridine rings is 1. The number of aromatic nitrogens is 1. The fourth-order valence-electron chi connectivity index (χ4n) is 2.20. The molecule has 0 radical (unpaired) electrons. The van der Waals surface area contributed by atoms with Gasteiger partial charge in [0.1, 0.15) is 17.2 Å². The number of ether oxygens (including phenoxy) is 1. The molecule has 8 nitrogen and oxygen atoms in total. The lowest BCUT2D eigenvalue weighted by atomic mass is 10.2. The Morgan fingerprint density at radius 1 is 1.22 bits per heavy atom. The number of anilines is 1. The van der Waals surface area contributed by atoms with E-state index in [1.807, 2.05) is 25.7 Å². The highest BCUT2D eigenvalue weighted by Crippen LogP contribution is 2.18. The Morgan fingerprint density at radius 3 is 2.35 bits per heavy atom. The third kappa shape index (κ3) is 5.29. The fraction of sp³-hybridized carbons (Fsp3) is 0.571. The van der Waals surface area contributed by atoms with Gasteiger partial charge in [-0.25, -0.2) is 9.78 Å². The van der Waals surface area contributed by atoms with Gasteiger partial charge in [0.2, 0.25) is 0 Å². The van der Waals surface area contributed by atoms with Crippen LogP contribution in [0.4, 0.5) is 10.6 Å². The number of amides is 1. The Labute approximate surface area is 135 Å². The van der Waals surface area contributed by atoms with E-state index in [0.717, 1.165) is 5.82 Å². The molecule has 0 aliphatic carbocycles. The van der Waals surface area contributed by atoms with Crippen molar-refractivity contribution in [2.75, 3.05) is 31.1 Å². The van der Waals surface area contributed by atoms with Crippen LogP contribution in [-0.4, -0.2) is 65.1 Å². The van der Waals surface area contributed by atoms with Gasteiger partial charge in [0, 0.05) is 26.2 Å². The average Bonchev–Trinajstić information content (AvgIpc) is 2.46. The lowest BCUT2D eigenvalue weighted by Gasteiger charge is -2.36. The first kappa shape index (κ1) is 17.4. The van der Waals surface area contributed by atoms with Crippen molar-refractivity contribution in [1.82, 2.24) is 9.88 Å². The predicted octanol–water partition coefficient (Wildman–Crippen LogP) is 0.487. The molecule has 1 amide bonds. The van der Waals surface area contributed by atoms with E-state index >= 15 is 0 Å². The molecule has 1 aromatic rings. The maximum atomic E-state index is 12.0. The van der Waals surface area contributed by atoms with Crippen molar-refractivity contribution in [2.45, 2.75) is 26.4 Å². The zero-order valence-corrected chi connectivity index (χ0v) is 13.6. The summed E-state index contributed by atoms with van der Waals surface area (Å²) in [6, 6.07) is 3.35. The number of carbonyl (C=O) groups is 1. The predicted molar refractivity (Wildman–Crippen MR) is 85.1 cm³/mol. The quantitative estimate of drug-likeness (QED) is 0.782. The molecule has 0 saturated carbocycles. The molecule has 0 spiro atoms. The smallest absolute Gasteiger partial charge is 0.511 e. The van der Waals surface area contributed by atoms with Gasteiger partial charge < -0.3 is 29.2 Å². The van der Waals surface area contributed by atoms with Crippen LogP contribution in [0.5, 0.6) is 5.75 Å². The Bertz CT molecular complexity index is 524. The van der Waals surface area contributed by atoms with E-state index in [2.05, 4.69) is 4.98 Å². The summed E-state index contributed by atoms with van der Waals surface area (Å²) in [5, 5.41) is 17.5. The molecule has 1 saturated heterocycles. The van der Waals surface area contributed by atoms with Gasteiger partial charge in [-0.3, -0.25) is 0 Å². The molecule has 2 N–H and O–H groups in total. The third-order valence-corrected chi connectivity index (χ3v) is 3.22. The van der Waals surface area contributed by atoms with Crippen LogP contribution in [-0.2, 0) is 4.74 Å². The highest BCUT2D eigenvalue weighted by atomic mass is 16.6. The van der Waals surface area contributed by atoms with Gasteiger partial charge in [-0.15, -0.1) is 0 Å². The van der Waals surface area contributed by atoms with E-state index < -0.39 is 12.9 Å². The van der Waals surface area contributed by atoms with Crippen molar-refractivity contribution >= 4 is 19.2 Å². The van der Waals surface area contributed by atoms with E-state index in [1.54, 1.807) is 17.0 Å². The molecule has 23 heavy (non-hydrogen) atoms. The average molecular weight is 323 g/mol. The van der Waals surface area contributed by atoms with Gasteiger partial charge in [-0.05, 0) is 32.9 Å². The fourth-order valence-corrected chi connectivity index (χ4v) is 2.20. The van der Waals surface area contributed by atoms with Crippen LogP contribution >= 0.6 is 0 Å². The van der Waals surface area contributed by atoms with Gasteiger partial charge in [-0.1, -0.05) is 0 Å². The number of nitrogens with zero attached hydrogens (tertiary/aromatic N) is 3. The summed E-state index contributed by atoms with van der Waals surface area (Å²) in [4.78, 5) is 20.0. The number of rotatable bonds is 3. The van der Waals surface area contributed by atoms with Gasteiger partial charge >= 0.3 is 13.4 Å². The number of hydrogen-bond donors (Lipinski definition) is 2. The SMILES string of the molecule is CC(C)(C)OC(=O)N1CCN(c2ccc(OB(O)O)cn2)CC1. The molecule has 1 fully saturated rings. The number of carbonyl (C=O) groups excluding carboxylic acids is 1. The molecule has 2 rings (SSSR count). The van der Waals surface area contributed by atoms with Crippen molar-refractivity contribution in [3.8, 4) is 5.75 Å². The molecule has 1 aromatic heterocycles. The second-order valence-electron chi connectivity index (χ2n) is 6.25. The Kier molecular flexibility index (Phi) is 5.32. The maximum Gasteiger partial charge on any atom is 0.707 e. The molecule has 0 bridgehead atoms. The topological polar surface area (TPSA) is 95.4 Å². The van der Waals surface area contributed by atoms with Crippen LogP contribution in [0.25, 0.3) is 0 Å². The number of hydrogen-bond acceptors (Lipinski definition) is 7. The maximum absolute atomic E-state index is 12.0. The first-order chi connectivity index (χ1) is 10.7. The van der Waals surface area contributed by atoms with Crippen molar-refractivity contribution < 1.29 is 24.2 Å². The van der Waals surface area contributed by atoms with Crippen LogP contribution in [0.2, 0.25) is 0 Å². The molecule has 2 heterocycles. The minimum absolute atomic E-state index is 0.274. The third-order valence-electron chi connectivity index (χ3n) is 3.22. The lowest BCUT2D eigenvalue weighted by molar-refractivity contribution is 0.0240. The van der Waals surface area contributed by atoms with Gasteiger partial charge in [0.25, 0.3) is 0 Å². The van der Waals surface area contributed by atoms with Gasteiger partial charge in [0.15, 0.2) is 0 Å². The van der Waals surface area contributed by atoms with Crippen LogP contribution in [0.15, 0.2) is 18.3 Å². The Balaban J connectivity index is 1.88. The molecule has 1 aliphatic heterocycles. The summed E-state index contributed by atoms with van der Waals surface area (Å²) in [5.74, 6) is 1.02. The standard InChI is InChI=1S/C14H22BN3O5/c1-14(2,3)22-13(19)18-8-6-17(7-9-18)12-5-4-11(10-16-12)23-15(20)21/h4-5,10,20-21H,6-9H2,1-3H3. The lowest BCUT2D eigenvalue weighted by Crippen LogP contribution is -2.50. The summed E-state index contributed by atoms with van der Waals surface area (Å²) in [5.41, 5.74) is -0.497. The Hall–Kier alpha value is -2.00. The summed E-state index contributed by atoms with van der Waals surface area (Å²) in [7, 11) is -1.86. The minimum atomic E-state index is -1.86. The van der Waals surface area contributed by atoms with Crippen LogP contribution in [0, 0.1) is 0 Å². The molecule has 0 atom stereocenters. The summed E-state index contributed by atoms with van der Waals surface area (Å²) < 4.78 is 10.1. The van der Waals surface area contributed by atoms with E-state index in [9.17, 15) is 4.79 Å². The van der Waals surface area contributed by atoms with E-state index in [4.69, 9.17) is 19.4 Å². The molecule has 126 valence electrons. The highest BCUT2D eigenvalue weighted by molar-refractivity contribution is 6.33. The number of piperazine rings is 1. The first-order valence-electron chi connectivity index (χ1n) is 7.46. The summed E-state index contributed by atoms with van der Waals surface area (Å²) in [6.45, 7) is 7.95. The normalized spacial score (nSPS) is 15.3. The van der Waals surface area contributed by atoms with Gasteiger partial charge in [0.05, 0.1) is 6.20 Å². The molecule has 9 heteroatoms. The second kappa shape index (κ2) is 7.05. The van der Waals surface area contributed by atoms with Crippen molar-refractivity contribution in [1.29, 1.82) is 0 Å². The molecular formula is C14H22BN3O5. The van der Waals surface area contributed by atoms with Crippen LogP contribution in [0.1, 0.15) is 20.8 Å².